The van der Waals surface area contributed by atoms with Gasteiger partial charge >= 0.3 is 0 Å². The second kappa shape index (κ2) is 8.28. The monoisotopic (exact) mass is 387 g/mol. The highest BCUT2D eigenvalue weighted by molar-refractivity contribution is 7.12. The normalized spacial score (nSPS) is 12.2. The van der Waals surface area contributed by atoms with Gasteiger partial charge in [-0.15, -0.1) is 10.2 Å². The van der Waals surface area contributed by atoms with Gasteiger partial charge in [0.1, 0.15) is 16.3 Å². The fraction of sp³-hybridized carbons (Fsp3) is 0.333. The maximum absolute atomic E-state index is 12.5. The fourth-order valence-electron chi connectivity index (χ4n) is 2.70. The van der Waals surface area contributed by atoms with E-state index in [9.17, 15) is 4.79 Å². The minimum absolute atomic E-state index is 0.260. The third-order valence-corrected chi connectivity index (χ3v) is 4.67. The van der Waals surface area contributed by atoms with Gasteiger partial charge in [-0.2, -0.15) is 0 Å². The molecule has 0 radical (unpaired) electrons. The summed E-state index contributed by atoms with van der Waals surface area (Å²) in [6.07, 6.45) is 3.53. The molecular formula is C18H21N5O3S. The maximum Gasteiger partial charge on any atom is 0.241 e. The van der Waals surface area contributed by atoms with Crippen molar-refractivity contribution < 1.29 is 13.9 Å². The summed E-state index contributed by atoms with van der Waals surface area (Å²) in [6, 6.07) is 2.96. The largest absolute Gasteiger partial charge is 0.496 e. The Kier molecular flexibility index (Phi) is 5.82. The predicted molar refractivity (Wildman–Crippen MR) is 103 cm³/mol. The summed E-state index contributed by atoms with van der Waals surface area (Å²) in [6.45, 7) is 4.05. The van der Waals surface area contributed by atoms with Gasteiger partial charge in [0.2, 0.25) is 5.91 Å². The Morgan fingerprint density at radius 3 is 2.78 bits per heavy atom. The first-order valence-corrected chi connectivity index (χ1v) is 9.31. The number of amides is 1. The van der Waals surface area contributed by atoms with Crippen molar-refractivity contribution in [2.24, 2.45) is 11.7 Å². The summed E-state index contributed by atoms with van der Waals surface area (Å²) in [5, 5.41) is 11.6. The van der Waals surface area contributed by atoms with Crippen molar-refractivity contribution in [2.75, 3.05) is 12.4 Å². The highest BCUT2D eigenvalue weighted by atomic mass is 32.1. The molecule has 8 nitrogen and oxygen atoms in total. The summed E-state index contributed by atoms with van der Waals surface area (Å²) in [5.74, 6) is 1.14. The molecule has 2 heterocycles. The average Bonchev–Trinajstić information content (AvgIpc) is 3.34. The van der Waals surface area contributed by atoms with E-state index >= 15 is 0 Å². The van der Waals surface area contributed by atoms with Crippen LogP contribution in [0.4, 0.5) is 5.69 Å². The summed E-state index contributed by atoms with van der Waals surface area (Å²) >= 11 is 1.36. The molecule has 0 bridgehead atoms. The van der Waals surface area contributed by atoms with Crippen LogP contribution >= 0.6 is 11.3 Å². The average molecular weight is 387 g/mol. The third kappa shape index (κ3) is 4.32. The third-order valence-electron chi connectivity index (χ3n) is 3.95. The van der Waals surface area contributed by atoms with E-state index in [4.69, 9.17) is 14.9 Å². The number of ether oxygens (including phenoxy) is 1. The van der Waals surface area contributed by atoms with Crippen molar-refractivity contribution in [1.82, 2.24) is 15.2 Å². The number of hydrogen-bond donors (Lipinski definition) is 2. The van der Waals surface area contributed by atoms with Crippen LogP contribution in [0, 0.1) is 5.92 Å². The topological polar surface area (TPSA) is 116 Å². The zero-order valence-electron chi connectivity index (χ0n) is 15.3. The summed E-state index contributed by atoms with van der Waals surface area (Å²) in [4.78, 5) is 16.5. The van der Waals surface area contributed by atoms with E-state index in [0.29, 0.717) is 45.7 Å². The lowest BCUT2D eigenvalue weighted by Crippen LogP contribution is -2.36. The molecule has 0 saturated carbocycles. The van der Waals surface area contributed by atoms with Gasteiger partial charge in [-0.25, -0.2) is 4.98 Å². The molecule has 0 spiro atoms. The first-order valence-electron chi connectivity index (χ1n) is 8.43. The van der Waals surface area contributed by atoms with Gasteiger partial charge in [0.25, 0.3) is 0 Å². The first kappa shape index (κ1) is 19.0. The van der Waals surface area contributed by atoms with Gasteiger partial charge in [0.15, 0.2) is 12.2 Å². The Morgan fingerprint density at radius 1 is 1.37 bits per heavy atom. The number of methoxy groups -OCH3 is 1. The van der Waals surface area contributed by atoms with Crippen LogP contribution in [0.3, 0.4) is 0 Å². The molecule has 0 fully saturated rings. The summed E-state index contributed by atoms with van der Waals surface area (Å²) in [5.41, 5.74) is 9.60. The van der Waals surface area contributed by atoms with Crippen molar-refractivity contribution in [3.8, 4) is 27.6 Å². The lowest BCUT2D eigenvalue weighted by Gasteiger charge is -2.17. The van der Waals surface area contributed by atoms with E-state index in [1.807, 2.05) is 19.9 Å². The number of aromatic nitrogens is 3. The van der Waals surface area contributed by atoms with E-state index in [0.717, 1.165) is 0 Å². The Hall–Kier alpha value is -2.78. The molecule has 27 heavy (non-hydrogen) atoms. The predicted octanol–water partition coefficient (Wildman–Crippen LogP) is 3.18. The van der Waals surface area contributed by atoms with Crippen molar-refractivity contribution >= 4 is 22.9 Å². The molecule has 0 aliphatic heterocycles. The molecule has 1 atom stereocenters. The van der Waals surface area contributed by atoms with Gasteiger partial charge in [-0.1, -0.05) is 25.2 Å². The van der Waals surface area contributed by atoms with Gasteiger partial charge < -0.3 is 20.2 Å². The van der Waals surface area contributed by atoms with Crippen molar-refractivity contribution in [1.29, 1.82) is 0 Å². The minimum atomic E-state index is -0.604. The molecule has 1 unspecified atom stereocenters. The number of carbonyl (C=O) groups is 1. The van der Waals surface area contributed by atoms with Crippen molar-refractivity contribution in [3.05, 3.63) is 30.2 Å². The molecule has 3 N–H and O–H groups in total. The minimum Gasteiger partial charge on any atom is -0.496 e. The second-order valence-corrected chi connectivity index (χ2v) is 7.27. The lowest BCUT2D eigenvalue weighted by atomic mass is 10.0. The number of hydrogen-bond acceptors (Lipinski definition) is 8. The van der Waals surface area contributed by atoms with Gasteiger partial charge in [-0.05, 0) is 18.4 Å². The molecule has 3 aromatic rings. The van der Waals surface area contributed by atoms with Crippen LogP contribution < -0.4 is 15.8 Å². The summed E-state index contributed by atoms with van der Waals surface area (Å²) < 4.78 is 10.9. The molecule has 0 saturated heterocycles. The van der Waals surface area contributed by atoms with Gasteiger partial charge in [-0.3, -0.25) is 4.79 Å². The molecule has 9 heteroatoms. The molecule has 1 amide bonds. The number of benzene rings is 1. The number of nitrogens with one attached hydrogen (secondary N) is 1. The summed E-state index contributed by atoms with van der Waals surface area (Å²) in [7, 11) is 1.55. The smallest absolute Gasteiger partial charge is 0.241 e. The van der Waals surface area contributed by atoms with Crippen LogP contribution in [-0.4, -0.2) is 34.2 Å². The van der Waals surface area contributed by atoms with Gasteiger partial charge in [0.05, 0.1) is 30.6 Å². The molecule has 1 aromatic carbocycles. The zero-order valence-corrected chi connectivity index (χ0v) is 16.1. The molecule has 142 valence electrons. The number of nitrogens with two attached hydrogens (primary N) is 1. The molecule has 0 aliphatic carbocycles. The van der Waals surface area contributed by atoms with Crippen molar-refractivity contribution in [3.63, 3.8) is 0 Å². The van der Waals surface area contributed by atoms with E-state index < -0.39 is 6.04 Å². The number of rotatable bonds is 7. The molecule has 3 rings (SSSR count). The number of carbonyl (C=O) groups excluding carboxylic acids is 1. The van der Waals surface area contributed by atoms with Crippen LogP contribution in [-0.2, 0) is 4.79 Å². The lowest BCUT2D eigenvalue weighted by molar-refractivity contribution is -0.117. The number of anilines is 1. The Morgan fingerprint density at radius 2 is 2.19 bits per heavy atom. The van der Waals surface area contributed by atoms with Crippen LogP contribution in [0.1, 0.15) is 20.3 Å². The van der Waals surface area contributed by atoms with Crippen LogP contribution in [0.5, 0.6) is 5.75 Å². The van der Waals surface area contributed by atoms with Gasteiger partial charge in [0, 0.05) is 11.6 Å². The van der Waals surface area contributed by atoms with E-state index in [1.165, 1.54) is 17.7 Å². The first-order chi connectivity index (χ1) is 13.0. The quantitative estimate of drug-likeness (QED) is 0.639. The van der Waals surface area contributed by atoms with Crippen molar-refractivity contribution in [2.45, 2.75) is 26.3 Å². The standard InChI is InChI=1S/C18H21N5O3S/c1-10(2)4-13(19)17(24)22-14-6-15(25-3)12(16-7-20-8-26-16)5-11(14)18-23-21-9-27-18/h5-10,13H,4,19H2,1-3H3,(H,22,24). The second-order valence-electron chi connectivity index (χ2n) is 6.43. The Balaban J connectivity index is 2.03. The fourth-order valence-corrected chi connectivity index (χ4v) is 3.29. The van der Waals surface area contributed by atoms with Crippen LogP contribution in [0.25, 0.3) is 21.9 Å². The van der Waals surface area contributed by atoms with Crippen LogP contribution in [0.2, 0.25) is 0 Å². The van der Waals surface area contributed by atoms with Crippen LogP contribution in [0.15, 0.2) is 34.7 Å². The van der Waals surface area contributed by atoms with E-state index in [1.54, 1.807) is 24.9 Å². The number of nitrogens with zero attached hydrogens (tertiary/aromatic N) is 3. The molecular weight excluding hydrogens is 366 g/mol. The molecule has 0 aliphatic rings. The Labute approximate surface area is 160 Å². The van der Waals surface area contributed by atoms with E-state index in [2.05, 4.69) is 20.5 Å². The zero-order chi connectivity index (χ0) is 19.4. The Bertz CT molecular complexity index is 894. The number of oxazole rings is 1. The molecule has 2 aromatic heterocycles. The SMILES string of the molecule is COc1cc(NC(=O)C(N)CC(C)C)c(-c2nncs2)cc1-c1cnco1. The maximum atomic E-state index is 12.5. The van der Waals surface area contributed by atoms with E-state index in [-0.39, 0.29) is 5.91 Å². The highest BCUT2D eigenvalue weighted by Gasteiger charge is 2.21. The highest BCUT2D eigenvalue weighted by Crippen LogP contribution is 2.40.